The number of aromatic nitrogens is 1. The number of urea groups is 1. The lowest BCUT2D eigenvalue weighted by molar-refractivity contribution is -0.138. The van der Waals surface area contributed by atoms with Crippen LogP contribution in [0.5, 0.6) is 0 Å². The first kappa shape index (κ1) is 15.0. The third-order valence-corrected chi connectivity index (χ3v) is 3.52. The molecule has 110 valence electrons. The van der Waals surface area contributed by atoms with Crippen molar-refractivity contribution in [2.24, 2.45) is 0 Å². The van der Waals surface area contributed by atoms with Gasteiger partial charge in [-0.1, -0.05) is 30.3 Å². The summed E-state index contributed by atoms with van der Waals surface area (Å²) < 4.78 is 0. The van der Waals surface area contributed by atoms with E-state index in [9.17, 15) is 14.7 Å². The fourth-order valence-corrected chi connectivity index (χ4v) is 2.34. The maximum atomic E-state index is 11.7. The first-order valence-corrected chi connectivity index (χ1v) is 7.27. The molecule has 0 saturated carbocycles. The van der Waals surface area contributed by atoms with Crippen LogP contribution in [0.4, 0.5) is 4.79 Å². The van der Waals surface area contributed by atoms with Gasteiger partial charge in [-0.2, -0.15) is 0 Å². The number of hydrogen-bond donors (Lipinski definition) is 3. The maximum Gasteiger partial charge on any atom is 0.315 e. The summed E-state index contributed by atoms with van der Waals surface area (Å²) in [6, 6.07) is 8.41. The summed E-state index contributed by atoms with van der Waals surface area (Å²) in [6.45, 7) is 0.348. The lowest BCUT2D eigenvalue weighted by Crippen LogP contribution is -2.38. The van der Waals surface area contributed by atoms with Gasteiger partial charge in [-0.05, 0) is 5.56 Å². The van der Waals surface area contributed by atoms with Crippen LogP contribution in [0.25, 0.3) is 0 Å². The van der Waals surface area contributed by atoms with E-state index in [4.69, 9.17) is 0 Å². The van der Waals surface area contributed by atoms with Gasteiger partial charge in [-0.3, -0.25) is 4.79 Å². The average molecular weight is 305 g/mol. The normalized spacial score (nSPS) is 11.6. The van der Waals surface area contributed by atoms with E-state index >= 15 is 0 Å². The van der Waals surface area contributed by atoms with Crippen molar-refractivity contribution in [1.29, 1.82) is 0 Å². The van der Waals surface area contributed by atoms with E-state index in [0.29, 0.717) is 12.1 Å². The molecular formula is C14H15N3O3S. The number of carbonyl (C=O) groups is 2. The Morgan fingerprint density at radius 1 is 1.24 bits per heavy atom. The number of amides is 2. The van der Waals surface area contributed by atoms with Crippen molar-refractivity contribution < 1.29 is 14.7 Å². The fourth-order valence-electron chi connectivity index (χ4n) is 1.79. The Bertz CT molecular complexity index is 587. The minimum atomic E-state index is -0.971. The highest BCUT2D eigenvalue weighted by atomic mass is 32.1. The molecule has 0 radical (unpaired) electrons. The molecule has 1 atom stereocenters. The molecule has 1 unspecified atom stereocenters. The van der Waals surface area contributed by atoms with Gasteiger partial charge in [-0.25, -0.2) is 9.78 Å². The van der Waals surface area contributed by atoms with E-state index in [1.165, 1.54) is 11.3 Å². The predicted molar refractivity (Wildman–Crippen MR) is 79.2 cm³/mol. The summed E-state index contributed by atoms with van der Waals surface area (Å²) in [4.78, 5) is 27.0. The van der Waals surface area contributed by atoms with Crippen molar-refractivity contribution in [2.75, 3.05) is 6.54 Å². The number of rotatable bonds is 6. The maximum absolute atomic E-state index is 11.7. The van der Waals surface area contributed by atoms with Crippen LogP contribution in [0, 0.1) is 0 Å². The van der Waals surface area contributed by atoms with E-state index in [1.54, 1.807) is 29.8 Å². The Morgan fingerprint density at radius 2 is 2.00 bits per heavy atom. The smallest absolute Gasteiger partial charge is 0.315 e. The Balaban J connectivity index is 1.84. The van der Waals surface area contributed by atoms with Crippen LogP contribution in [0.2, 0.25) is 0 Å². The van der Waals surface area contributed by atoms with Crippen molar-refractivity contribution >= 4 is 23.3 Å². The summed E-state index contributed by atoms with van der Waals surface area (Å²) in [5.41, 5.74) is 3.11. The molecule has 2 aromatic rings. The second-order valence-electron chi connectivity index (χ2n) is 4.34. The van der Waals surface area contributed by atoms with Gasteiger partial charge in [0.2, 0.25) is 0 Å². The van der Waals surface area contributed by atoms with E-state index in [-0.39, 0.29) is 6.54 Å². The minimum Gasteiger partial charge on any atom is -0.481 e. The largest absolute Gasteiger partial charge is 0.481 e. The van der Waals surface area contributed by atoms with Crippen LogP contribution >= 0.6 is 11.3 Å². The molecule has 21 heavy (non-hydrogen) atoms. The molecule has 1 aromatic carbocycles. The van der Waals surface area contributed by atoms with Gasteiger partial charge in [0.15, 0.2) is 0 Å². The molecule has 6 nitrogen and oxygen atoms in total. The molecule has 3 N–H and O–H groups in total. The Hall–Kier alpha value is -2.41. The van der Waals surface area contributed by atoms with E-state index in [0.717, 1.165) is 5.69 Å². The van der Waals surface area contributed by atoms with Gasteiger partial charge >= 0.3 is 12.0 Å². The topological polar surface area (TPSA) is 91.3 Å². The van der Waals surface area contributed by atoms with Crippen LogP contribution < -0.4 is 10.6 Å². The minimum absolute atomic E-state index is 0.0300. The van der Waals surface area contributed by atoms with Crippen LogP contribution in [-0.2, 0) is 11.3 Å². The molecule has 0 bridgehead atoms. The zero-order chi connectivity index (χ0) is 15.1. The number of hydrogen-bond acceptors (Lipinski definition) is 4. The summed E-state index contributed by atoms with van der Waals surface area (Å²) in [7, 11) is 0. The number of benzene rings is 1. The zero-order valence-corrected chi connectivity index (χ0v) is 12.0. The number of aliphatic carboxylic acids is 1. The molecule has 1 aromatic heterocycles. The van der Waals surface area contributed by atoms with Crippen molar-refractivity contribution in [2.45, 2.75) is 12.5 Å². The van der Waals surface area contributed by atoms with E-state index < -0.39 is 17.9 Å². The summed E-state index contributed by atoms with van der Waals surface area (Å²) in [6.07, 6.45) is 0. The number of nitrogens with zero attached hydrogens (tertiary/aromatic N) is 1. The highest BCUT2D eigenvalue weighted by Gasteiger charge is 2.20. The summed E-state index contributed by atoms with van der Waals surface area (Å²) in [5, 5.41) is 16.3. The van der Waals surface area contributed by atoms with Gasteiger partial charge in [0.1, 0.15) is 0 Å². The highest BCUT2D eigenvalue weighted by molar-refractivity contribution is 7.07. The zero-order valence-electron chi connectivity index (χ0n) is 11.2. The van der Waals surface area contributed by atoms with Crippen molar-refractivity contribution in [1.82, 2.24) is 15.6 Å². The Labute approximate surface area is 125 Å². The van der Waals surface area contributed by atoms with Gasteiger partial charge in [-0.15, -0.1) is 11.3 Å². The molecule has 2 rings (SSSR count). The molecule has 0 spiro atoms. The molecule has 0 aliphatic heterocycles. The molecule has 0 aliphatic carbocycles. The third kappa shape index (κ3) is 4.57. The second kappa shape index (κ2) is 7.39. The van der Waals surface area contributed by atoms with Crippen molar-refractivity contribution in [3.05, 3.63) is 52.5 Å². The number of carboxylic acids is 1. The van der Waals surface area contributed by atoms with Crippen LogP contribution in [-0.4, -0.2) is 28.6 Å². The predicted octanol–water partition coefficient (Wildman–Crippen LogP) is 1.81. The molecule has 2 amide bonds. The average Bonchev–Trinajstić information content (AvgIpc) is 2.99. The Morgan fingerprint density at radius 3 is 2.62 bits per heavy atom. The number of carboxylic acid groups (broad SMARTS) is 1. The second-order valence-corrected chi connectivity index (χ2v) is 5.06. The molecule has 7 heteroatoms. The summed E-state index contributed by atoms with van der Waals surface area (Å²) in [5.74, 6) is -1.74. The summed E-state index contributed by atoms with van der Waals surface area (Å²) >= 11 is 1.45. The molecule has 0 aliphatic rings. The lowest BCUT2D eigenvalue weighted by atomic mass is 9.99. The highest BCUT2D eigenvalue weighted by Crippen LogP contribution is 2.14. The SMILES string of the molecule is O=C(NCc1cscn1)NCC(C(=O)O)c1ccccc1. The fraction of sp³-hybridized carbons (Fsp3) is 0.214. The van der Waals surface area contributed by atoms with Crippen LogP contribution in [0.3, 0.4) is 0 Å². The number of nitrogens with one attached hydrogen (secondary N) is 2. The molecule has 0 fully saturated rings. The van der Waals surface area contributed by atoms with E-state index in [2.05, 4.69) is 15.6 Å². The van der Waals surface area contributed by atoms with Gasteiger partial charge < -0.3 is 15.7 Å². The first-order chi connectivity index (χ1) is 10.2. The van der Waals surface area contributed by atoms with Gasteiger partial charge in [0.05, 0.1) is 23.7 Å². The lowest BCUT2D eigenvalue weighted by Gasteiger charge is -2.14. The van der Waals surface area contributed by atoms with E-state index in [1.807, 2.05) is 11.4 Å². The molecule has 0 saturated heterocycles. The number of carbonyl (C=O) groups excluding carboxylic acids is 1. The number of thiazole rings is 1. The van der Waals surface area contributed by atoms with Gasteiger partial charge in [0, 0.05) is 11.9 Å². The first-order valence-electron chi connectivity index (χ1n) is 6.33. The van der Waals surface area contributed by atoms with Gasteiger partial charge in [0.25, 0.3) is 0 Å². The molecule has 1 heterocycles. The van der Waals surface area contributed by atoms with Crippen molar-refractivity contribution in [3.63, 3.8) is 0 Å². The monoisotopic (exact) mass is 305 g/mol. The Kier molecular flexibility index (Phi) is 5.28. The van der Waals surface area contributed by atoms with Crippen LogP contribution in [0.15, 0.2) is 41.2 Å². The quantitative estimate of drug-likeness (QED) is 0.759. The molecular weight excluding hydrogens is 290 g/mol. The third-order valence-electron chi connectivity index (χ3n) is 2.88. The van der Waals surface area contributed by atoms with Crippen LogP contribution in [0.1, 0.15) is 17.2 Å². The standard InChI is InChI=1S/C14H15N3O3S/c18-13(19)12(10-4-2-1-3-5-10)7-16-14(20)15-6-11-8-21-9-17-11/h1-5,8-9,12H,6-7H2,(H,18,19)(H2,15,16,20). The van der Waals surface area contributed by atoms with Crippen molar-refractivity contribution in [3.8, 4) is 0 Å².